The summed E-state index contributed by atoms with van der Waals surface area (Å²) in [6, 6.07) is 20.1. The van der Waals surface area contributed by atoms with Gasteiger partial charge in [0.1, 0.15) is 0 Å². The molecule has 2 nitrogen and oxygen atoms in total. The van der Waals surface area contributed by atoms with Crippen LogP contribution in [0.15, 0.2) is 66.7 Å². The minimum atomic E-state index is -0.0399. The zero-order valence-corrected chi connectivity index (χ0v) is 11.5. The van der Waals surface area contributed by atoms with Crippen molar-refractivity contribution in [3.8, 4) is 0 Å². The SMILES string of the molecule is O=C(/C=C/c1ccccc1)NCCCc1ccccc1. The lowest BCUT2D eigenvalue weighted by Gasteiger charge is -2.02. The number of benzene rings is 2. The van der Waals surface area contributed by atoms with Crippen molar-refractivity contribution in [1.82, 2.24) is 5.32 Å². The Labute approximate surface area is 120 Å². The Morgan fingerprint density at radius 2 is 1.60 bits per heavy atom. The first kappa shape index (κ1) is 14.1. The van der Waals surface area contributed by atoms with Gasteiger partial charge in [0, 0.05) is 12.6 Å². The Kier molecular flexibility index (Phi) is 5.59. The van der Waals surface area contributed by atoms with Crippen molar-refractivity contribution in [3.05, 3.63) is 77.9 Å². The number of hydrogen-bond donors (Lipinski definition) is 1. The number of aryl methyl sites for hydroxylation is 1. The van der Waals surface area contributed by atoms with Gasteiger partial charge in [0.25, 0.3) is 0 Å². The van der Waals surface area contributed by atoms with Crippen LogP contribution < -0.4 is 5.32 Å². The molecule has 0 bridgehead atoms. The van der Waals surface area contributed by atoms with E-state index in [2.05, 4.69) is 17.4 Å². The summed E-state index contributed by atoms with van der Waals surface area (Å²) in [7, 11) is 0. The number of hydrogen-bond acceptors (Lipinski definition) is 1. The Morgan fingerprint density at radius 1 is 0.950 bits per heavy atom. The smallest absolute Gasteiger partial charge is 0.243 e. The molecule has 1 N–H and O–H groups in total. The first-order valence-corrected chi connectivity index (χ1v) is 6.89. The fourth-order valence-electron chi connectivity index (χ4n) is 1.94. The molecule has 0 aliphatic heterocycles. The molecule has 0 spiro atoms. The maximum Gasteiger partial charge on any atom is 0.243 e. The molecule has 0 aromatic heterocycles. The quantitative estimate of drug-likeness (QED) is 0.629. The molecular formula is C18H19NO. The summed E-state index contributed by atoms with van der Waals surface area (Å²) < 4.78 is 0. The monoisotopic (exact) mass is 265 g/mol. The molecule has 2 aromatic rings. The van der Waals surface area contributed by atoms with Crippen LogP contribution in [0, 0.1) is 0 Å². The van der Waals surface area contributed by atoms with E-state index in [9.17, 15) is 4.79 Å². The molecule has 0 radical (unpaired) electrons. The Balaban J connectivity index is 1.67. The first-order valence-electron chi connectivity index (χ1n) is 6.89. The molecule has 0 aliphatic carbocycles. The van der Waals surface area contributed by atoms with Crippen LogP contribution in [-0.4, -0.2) is 12.5 Å². The normalized spacial score (nSPS) is 10.6. The van der Waals surface area contributed by atoms with E-state index in [1.807, 2.05) is 54.6 Å². The molecule has 1 amide bonds. The zero-order valence-electron chi connectivity index (χ0n) is 11.5. The van der Waals surface area contributed by atoms with E-state index < -0.39 is 0 Å². The lowest BCUT2D eigenvalue weighted by Crippen LogP contribution is -2.22. The summed E-state index contributed by atoms with van der Waals surface area (Å²) in [5, 5.41) is 2.90. The van der Waals surface area contributed by atoms with Crippen LogP contribution in [-0.2, 0) is 11.2 Å². The highest BCUT2D eigenvalue weighted by atomic mass is 16.1. The topological polar surface area (TPSA) is 29.1 Å². The molecule has 0 aliphatic rings. The van der Waals surface area contributed by atoms with Crippen molar-refractivity contribution in [1.29, 1.82) is 0 Å². The highest BCUT2D eigenvalue weighted by Gasteiger charge is 1.96. The van der Waals surface area contributed by atoms with Crippen molar-refractivity contribution in [2.24, 2.45) is 0 Å². The van der Waals surface area contributed by atoms with Crippen molar-refractivity contribution in [2.75, 3.05) is 6.54 Å². The zero-order chi connectivity index (χ0) is 14.0. The van der Waals surface area contributed by atoms with E-state index in [1.165, 1.54) is 5.56 Å². The van der Waals surface area contributed by atoms with Gasteiger partial charge in [-0.2, -0.15) is 0 Å². The lowest BCUT2D eigenvalue weighted by atomic mass is 10.1. The largest absolute Gasteiger partial charge is 0.353 e. The third kappa shape index (κ3) is 5.11. The Bertz CT molecular complexity index is 546. The van der Waals surface area contributed by atoms with Gasteiger partial charge in [-0.1, -0.05) is 60.7 Å². The van der Waals surface area contributed by atoms with Gasteiger partial charge in [-0.05, 0) is 30.0 Å². The minimum Gasteiger partial charge on any atom is -0.353 e. The van der Waals surface area contributed by atoms with E-state index in [0.29, 0.717) is 6.54 Å². The fourth-order valence-corrected chi connectivity index (χ4v) is 1.94. The second kappa shape index (κ2) is 7.95. The standard InChI is InChI=1S/C18H19NO/c20-18(14-13-17-10-5-2-6-11-17)19-15-7-12-16-8-3-1-4-9-16/h1-6,8-11,13-14H,7,12,15H2,(H,19,20)/b14-13+. The van der Waals surface area contributed by atoms with E-state index in [1.54, 1.807) is 6.08 Å². The molecule has 0 atom stereocenters. The van der Waals surface area contributed by atoms with Crippen molar-refractivity contribution < 1.29 is 4.79 Å². The highest BCUT2D eigenvalue weighted by Crippen LogP contribution is 2.02. The number of amides is 1. The second-order valence-electron chi connectivity index (χ2n) is 4.62. The van der Waals surface area contributed by atoms with Crippen LogP contribution in [0.1, 0.15) is 17.5 Å². The molecule has 0 heterocycles. The molecule has 2 aromatic carbocycles. The van der Waals surface area contributed by atoms with Crippen molar-refractivity contribution in [3.63, 3.8) is 0 Å². The van der Waals surface area contributed by atoms with Gasteiger partial charge in [-0.3, -0.25) is 4.79 Å². The maximum absolute atomic E-state index is 11.6. The maximum atomic E-state index is 11.6. The van der Waals surface area contributed by atoms with E-state index in [4.69, 9.17) is 0 Å². The Morgan fingerprint density at radius 3 is 2.30 bits per heavy atom. The van der Waals surface area contributed by atoms with Gasteiger partial charge in [-0.25, -0.2) is 0 Å². The van der Waals surface area contributed by atoms with Gasteiger partial charge in [0.05, 0.1) is 0 Å². The minimum absolute atomic E-state index is 0.0399. The average Bonchev–Trinajstić information content (AvgIpc) is 2.52. The third-order valence-corrected chi connectivity index (χ3v) is 3.01. The summed E-state index contributed by atoms with van der Waals surface area (Å²) in [5.41, 5.74) is 2.34. The number of carbonyl (C=O) groups is 1. The van der Waals surface area contributed by atoms with Gasteiger partial charge >= 0.3 is 0 Å². The molecular weight excluding hydrogens is 246 g/mol. The second-order valence-corrected chi connectivity index (χ2v) is 4.62. The molecule has 0 unspecified atom stereocenters. The van der Waals surface area contributed by atoms with E-state index in [0.717, 1.165) is 18.4 Å². The van der Waals surface area contributed by atoms with Crippen LogP contribution in [0.5, 0.6) is 0 Å². The molecule has 0 saturated heterocycles. The Hall–Kier alpha value is -2.35. The average molecular weight is 265 g/mol. The van der Waals surface area contributed by atoms with E-state index >= 15 is 0 Å². The number of rotatable bonds is 6. The summed E-state index contributed by atoms with van der Waals surface area (Å²) in [6.07, 6.45) is 5.35. The van der Waals surface area contributed by atoms with Crippen molar-refractivity contribution in [2.45, 2.75) is 12.8 Å². The molecule has 0 saturated carbocycles. The van der Waals surface area contributed by atoms with Crippen LogP contribution in [0.3, 0.4) is 0 Å². The van der Waals surface area contributed by atoms with Gasteiger partial charge < -0.3 is 5.32 Å². The summed E-state index contributed by atoms with van der Waals surface area (Å²) in [4.78, 5) is 11.6. The van der Waals surface area contributed by atoms with Crippen LogP contribution in [0.4, 0.5) is 0 Å². The first-order chi connectivity index (χ1) is 9.84. The third-order valence-electron chi connectivity index (χ3n) is 3.01. The predicted octanol–water partition coefficient (Wildman–Crippen LogP) is 3.45. The van der Waals surface area contributed by atoms with E-state index in [-0.39, 0.29) is 5.91 Å². The predicted molar refractivity (Wildman–Crippen MR) is 83.2 cm³/mol. The molecule has 0 fully saturated rings. The van der Waals surface area contributed by atoms with Crippen molar-refractivity contribution >= 4 is 12.0 Å². The summed E-state index contributed by atoms with van der Waals surface area (Å²) >= 11 is 0. The molecule has 2 heteroatoms. The highest BCUT2D eigenvalue weighted by molar-refractivity contribution is 5.91. The van der Waals surface area contributed by atoms with Crippen LogP contribution in [0.2, 0.25) is 0 Å². The van der Waals surface area contributed by atoms with Gasteiger partial charge in [-0.15, -0.1) is 0 Å². The fraction of sp³-hybridized carbons (Fsp3) is 0.167. The summed E-state index contributed by atoms with van der Waals surface area (Å²) in [6.45, 7) is 0.701. The number of carbonyl (C=O) groups excluding carboxylic acids is 1. The molecule has 2 rings (SSSR count). The summed E-state index contributed by atoms with van der Waals surface area (Å²) in [5.74, 6) is -0.0399. The molecule has 102 valence electrons. The lowest BCUT2D eigenvalue weighted by molar-refractivity contribution is -0.116. The van der Waals surface area contributed by atoms with Crippen LogP contribution >= 0.6 is 0 Å². The van der Waals surface area contributed by atoms with Gasteiger partial charge in [0.2, 0.25) is 5.91 Å². The number of nitrogens with one attached hydrogen (secondary N) is 1. The van der Waals surface area contributed by atoms with Gasteiger partial charge in [0.15, 0.2) is 0 Å². The van der Waals surface area contributed by atoms with Crippen LogP contribution in [0.25, 0.3) is 6.08 Å². The molecule has 20 heavy (non-hydrogen) atoms.